The molecule has 1 aromatic heterocycles. The first-order valence-corrected chi connectivity index (χ1v) is 8.20. The quantitative estimate of drug-likeness (QED) is 0.777. The molecule has 136 valence electrons. The number of esters is 1. The molecule has 1 atom stereocenters. The van der Waals surface area contributed by atoms with Gasteiger partial charge in [-0.25, -0.2) is 4.79 Å². The predicted molar refractivity (Wildman–Crippen MR) is 97.2 cm³/mol. The van der Waals surface area contributed by atoms with E-state index in [-0.39, 0.29) is 17.5 Å². The van der Waals surface area contributed by atoms with E-state index in [9.17, 15) is 14.4 Å². The number of carbonyl (C=O) groups is 3. The van der Waals surface area contributed by atoms with E-state index in [1.165, 1.54) is 31.6 Å². The fourth-order valence-corrected chi connectivity index (χ4v) is 2.14. The lowest BCUT2D eigenvalue weighted by Crippen LogP contribution is -2.32. The standard InChI is InChI=1S/C19H21N3O4/c1-4-12(2)21-17(23)14-8-15(11-20-10-14)18(24)22-16-7-5-6-13(9-16)19(25)26-3/h5-12H,4H2,1-3H3,(H,21,23)(H,22,24). The number of carbonyl (C=O) groups excluding carboxylic acids is 3. The van der Waals surface area contributed by atoms with Crippen LogP contribution in [0.3, 0.4) is 0 Å². The zero-order chi connectivity index (χ0) is 19.1. The molecule has 0 aliphatic rings. The van der Waals surface area contributed by atoms with E-state index >= 15 is 0 Å². The van der Waals surface area contributed by atoms with Crippen LogP contribution in [-0.4, -0.2) is 35.9 Å². The molecule has 0 bridgehead atoms. The SMILES string of the molecule is CCC(C)NC(=O)c1cncc(C(=O)Nc2cccc(C(=O)OC)c2)c1. The van der Waals surface area contributed by atoms with Crippen LogP contribution in [0.4, 0.5) is 5.69 Å². The molecule has 0 saturated heterocycles. The summed E-state index contributed by atoms with van der Waals surface area (Å²) in [6.07, 6.45) is 3.59. The summed E-state index contributed by atoms with van der Waals surface area (Å²) in [6, 6.07) is 7.89. The van der Waals surface area contributed by atoms with Crippen molar-refractivity contribution in [2.45, 2.75) is 26.3 Å². The van der Waals surface area contributed by atoms with Gasteiger partial charge in [0, 0.05) is 24.1 Å². The Morgan fingerprint density at radius 3 is 2.42 bits per heavy atom. The minimum atomic E-state index is -0.494. The molecular formula is C19H21N3O4. The molecule has 2 N–H and O–H groups in total. The lowest BCUT2D eigenvalue weighted by atomic mass is 10.1. The van der Waals surface area contributed by atoms with E-state index in [0.29, 0.717) is 16.8 Å². The summed E-state index contributed by atoms with van der Waals surface area (Å²) < 4.78 is 4.66. The van der Waals surface area contributed by atoms with Crippen molar-refractivity contribution in [2.75, 3.05) is 12.4 Å². The minimum absolute atomic E-state index is 0.0287. The Balaban J connectivity index is 2.14. The fraction of sp³-hybridized carbons (Fsp3) is 0.263. The second kappa shape index (κ2) is 8.75. The first-order chi connectivity index (χ1) is 12.4. The molecule has 1 aromatic carbocycles. The highest BCUT2D eigenvalue weighted by atomic mass is 16.5. The molecule has 0 radical (unpaired) electrons. The van der Waals surface area contributed by atoms with Gasteiger partial charge >= 0.3 is 5.97 Å². The van der Waals surface area contributed by atoms with E-state index in [0.717, 1.165) is 6.42 Å². The molecule has 2 amide bonds. The number of benzene rings is 1. The molecule has 1 heterocycles. The Morgan fingerprint density at radius 1 is 1.08 bits per heavy atom. The maximum absolute atomic E-state index is 12.4. The summed E-state index contributed by atoms with van der Waals surface area (Å²) in [4.78, 5) is 40.1. The van der Waals surface area contributed by atoms with Crippen molar-refractivity contribution >= 4 is 23.5 Å². The van der Waals surface area contributed by atoms with Crippen molar-refractivity contribution in [2.24, 2.45) is 0 Å². The zero-order valence-corrected chi connectivity index (χ0v) is 14.9. The molecule has 7 heteroatoms. The summed E-state index contributed by atoms with van der Waals surface area (Å²) in [5.41, 5.74) is 1.31. The second-order valence-corrected chi connectivity index (χ2v) is 5.77. The number of anilines is 1. The number of pyridine rings is 1. The van der Waals surface area contributed by atoms with Crippen molar-refractivity contribution in [3.8, 4) is 0 Å². The lowest BCUT2D eigenvalue weighted by molar-refractivity contribution is 0.0600. The maximum atomic E-state index is 12.4. The molecule has 1 unspecified atom stereocenters. The number of ether oxygens (including phenoxy) is 1. The van der Waals surface area contributed by atoms with Gasteiger partial charge in [-0.15, -0.1) is 0 Å². The topological polar surface area (TPSA) is 97.4 Å². The molecule has 0 saturated carbocycles. The summed E-state index contributed by atoms with van der Waals surface area (Å²) in [6.45, 7) is 3.87. The van der Waals surface area contributed by atoms with Gasteiger partial charge in [-0.2, -0.15) is 0 Å². The number of hydrogen-bond donors (Lipinski definition) is 2. The lowest BCUT2D eigenvalue weighted by Gasteiger charge is -2.12. The fourth-order valence-electron chi connectivity index (χ4n) is 2.14. The minimum Gasteiger partial charge on any atom is -0.465 e. The number of nitrogens with zero attached hydrogens (tertiary/aromatic N) is 1. The number of nitrogens with one attached hydrogen (secondary N) is 2. The van der Waals surface area contributed by atoms with Crippen molar-refractivity contribution in [3.05, 3.63) is 59.4 Å². The van der Waals surface area contributed by atoms with Gasteiger partial charge in [0.25, 0.3) is 11.8 Å². The van der Waals surface area contributed by atoms with Crippen molar-refractivity contribution in [1.29, 1.82) is 0 Å². The van der Waals surface area contributed by atoms with Crippen LogP contribution in [0.15, 0.2) is 42.7 Å². The number of methoxy groups -OCH3 is 1. The smallest absolute Gasteiger partial charge is 0.337 e. The zero-order valence-electron chi connectivity index (χ0n) is 14.9. The van der Waals surface area contributed by atoms with Gasteiger partial charge < -0.3 is 15.4 Å². The van der Waals surface area contributed by atoms with Gasteiger partial charge in [0.15, 0.2) is 0 Å². The molecule has 0 spiro atoms. The molecule has 0 fully saturated rings. The first kappa shape index (κ1) is 19.1. The maximum Gasteiger partial charge on any atom is 0.337 e. The van der Waals surface area contributed by atoms with Crippen molar-refractivity contribution in [1.82, 2.24) is 10.3 Å². The van der Waals surface area contributed by atoms with E-state index in [1.54, 1.807) is 18.2 Å². The van der Waals surface area contributed by atoms with E-state index in [1.807, 2.05) is 13.8 Å². The number of rotatable bonds is 6. The normalized spacial score (nSPS) is 11.3. The van der Waals surface area contributed by atoms with Crippen LogP contribution in [0.1, 0.15) is 51.3 Å². The molecule has 0 aliphatic heterocycles. The third kappa shape index (κ3) is 4.89. The average Bonchev–Trinajstić information content (AvgIpc) is 2.67. The Kier molecular flexibility index (Phi) is 6.43. The number of amides is 2. The van der Waals surface area contributed by atoms with Gasteiger partial charge in [0.2, 0.25) is 0 Å². The molecule has 7 nitrogen and oxygen atoms in total. The third-order valence-electron chi connectivity index (χ3n) is 3.79. The molecule has 2 aromatic rings. The Bertz CT molecular complexity index is 820. The monoisotopic (exact) mass is 355 g/mol. The summed E-state index contributed by atoms with van der Waals surface area (Å²) in [7, 11) is 1.29. The van der Waals surface area contributed by atoms with E-state index in [4.69, 9.17) is 0 Å². The van der Waals surface area contributed by atoms with Gasteiger partial charge in [0.1, 0.15) is 0 Å². The van der Waals surface area contributed by atoms with Crippen LogP contribution in [0.25, 0.3) is 0 Å². The predicted octanol–water partition coefficient (Wildman–Crippen LogP) is 2.65. The van der Waals surface area contributed by atoms with Crippen molar-refractivity contribution in [3.63, 3.8) is 0 Å². The molecule has 0 aliphatic carbocycles. The van der Waals surface area contributed by atoms with Crippen LogP contribution in [0.2, 0.25) is 0 Å². The largest absolute Gasteiger partial charge is 0.465 e. The molecular weight excluding hydrogens is 334 g/mol. The second-order valence-electron chi connectivity index (χ2n) is 5.77. The highest BCUT2D eigenvalue weighted by Gasteiger charge is 2.14. The average molecular weight is 355 g/mol. The Hall–Kier alpha value is -3.22. The van der Waals surface area contributed by atoms with Crippen LogP contribution in [0, 0.1) is 0 Å². The van der Waals surface area contributed by atoms with Crippen LogP contribution >= 0.6 is 0 Å². The van der Waals surface area contributed by atoms with Crippen LogP contribution in [0.5, 0.6) is 0 Å². The third-order valence-corrected chi connectivity index (χ3v) is 3.79. The highest BCUT2D eigenvalue weighted by Crippen LogP contribution is 2.13. The summed E-state index contributed by atoms with van der Waals surface area (Å²) in [5.74, 6) is -1.21. The number of hydrogen-bond acceptors (Lipinski definition) is 5. The molecule has 2 rings (SSSR count). The van der Waals surface area contributed by atoms with Gasteiger partial charge in [0.05, 0.1) is 23.8 Å². The van der Waals surface area contributed by atoms with Gasteiger partial charge in [-0.3, -0.25) is 14.6 Å². The van der Waals surface area contributed by atoms with Crippen LogP contribution < -0.4 is 10.6 Å². The highest BCUT2D eigenvalue weighted by molar-refractivity contribution is 6.06. The van der Waals surface area contributed by atoms with Crippen molar-refractivity contribution < 1.29 is 19.1 Å². The van der Waals surface area contributed by atoms with Gasteiger partial charge in [-0.1, -0.05) is 13.0 Å². The Labute approximate surface area is 151 Å². The number of aromatic nitrogens is 1. The van der Waals surface area contributed by atoms with E-state index < -0.39 is 11.9 Å². The summed E-state index contributed by atoms with van der Waals surface area (Å²) in [5, 5.41) is 5.50. The van der Waals surface area contributed by atoms with Crippen LogP contribution in [-0.2, 0) is 4.74 Å². The van der Waals surface area contributed by atoms with E-state index in [2.05, 4.69) is 20.4 Å². The molecule has 26 heavy (non-hydrogen) atoms. The Morgan fingerprint density at radius 2 is 1.77 bits per heavy atom. The first-order valence-electron chi connectivity index (χ1n) is 8.20. The summed E-state index contributed by atoms with van der Waals surface area (Å²) >= 11 is 0. The van der Waals surface area contributed by atoms with Gasteiger partial charge in [-0.05, 0) is 37.6 Å².